The van der Waals surface area contributed by atoms with E-state index in [1.54, 1.807) is 0 Å². The minimum absolute atomic E-state index is 0.240. The summed E-state index contributed by atoms with van der Waals surface area (Å²) in [5, 5.41) is 10.7. The molecule has 4 rings (SSSR count). The third-order valence-electron chi connectivity index (χ3n) is 4.41. The molecule has 1 atom stereocenters. The van der Waals surface area contributed by atoms with Gasteiger partial charge in [0, 0.05) is 37.3 Å². The van der Waals surface area contributed by atoms with Crippen LogP contribution in [0.3, 0.4) is 0 Å². The van der Waals surface area contributed by atoms with Gasteiger partial charge in [0.2, 0.25) is 6.79 Å². The average Bonchev–Trinajstić information content (AvgIpc) is 3.23. The Morgan fingerprint density at radius 3 is 3.17 bits per heavy atom. The number of nitrogens with one attached hydrogen (secondary N) is 2. The van der Waals surface area contributed by atoms with Gasteiger partial charge in [-0.2, -0.15) is 5.10 Å². The van der Waals surface area contributed by atoms with Crippen LogP contribution in [0.1, 0.15) is 5.56 Å². The minimum atomic E-state index is 0.240. The van der Waals surface area contributed by atoms with Gasteiger partial charge in [0.05, 0.1) is 24.6 Å². The highest BCUT2D eigenvalue weighted by Gasteiger charge is 2.18. The van der Waals surface area contributed by atoms with Crippen LogP contribution >= 0.6 is 0 Å². The lowest BCUT2D eigenvalue weighted by Gasteiger charge is -2.30. The van der Waals surface area contributed by atoms with Crippen molar-refractivity contribution in [3.8, 4) is 22.8 Å². The SMILES string of the molecule is CN1CCOC(CNCc2cn[nH]c2-c2ccc3c(c2)OCO3)C1. The van der Waals surface area contributed by atoms with E-state index in [0.717, 1.165) is 61.1 Å². The Morgan fingerprint density at radius 2 is 2.25 bits per heavy atom. The maximum Gasteiger partial charge on any atom is 0.231 e. The van der Waals surface area contributed by atoms with Gasteiger partial charge in [0.25, 0.3) is 0 Å². The fraction of sp³-hybridized carbons (Fsp3) is 0.471. The number of H-pyrrole nitrogens is 1. The summed E-state index contributed by atoms with van der Waals surface area (Å²) in [6.45, 7) is 4.63. The van der Waals surface area contributed by atoms with E-state index in [9.17, 15) is 0 Å². The monoisotopic (exact) mass is 330 g/mol. The third-order valence-corrected chi connectivity index (χ3v) is 4.41. The number of likely N-dealkylation sites (N-methyl/N-ethyl adjacent to an activating group) is 1. The summed E-state index contributed by atoms with van der Waals surface area (Å²) in [5.41, 5.74) is 3.17. The van der Waals surface area contributed by atoms with E-state index in [1.807, 2.05) is 24.4 Å². The summed E-state index contributed by atoms with van der Waals surface area (Å²) < 4.78 is 16.6. The Hall–Kier alpha value is -2.09. The van der Waals surface area contributed by atoms with Crippen molar-refractivity contribution >= 4 is 0 Å². The molecule has 2 N–H and O–H groups in total. The highest BCUT2D eigenvalue weighted by Crippen LogP contribution is 2.36. The molecule has 128 valence electrons. The largest absolute Gasteiger partial charge is 0.454 e. The molecule has 2 aliphatic rings. The zero-order chi connectivity index (χ0) is 16.4. The molecule has 1 saturated heterocycles. The molecule has 1 unspecified atom stereocenters. The second-order valence-corrected chi connectivity index (χ2v) is 6.22. The molecule has 0 radical (unpaired) electrons. The van der Waals surface area contributed by atoms with Crippen molar-refractivity contribution in [3.63, 3.8) is 0 Å². The standard InChI is InChI=1S/C17H22N4O3/c1-21-4-5-22-14(10-21)9-18-7-13-8-19-20-17(13)12-2-3-15-16(6-12)24-11-23-15/h2-3,6,8,14,18H,4-5,7,9-11H2,1H3,(H,19,20). The van der Waals surface area contributed by atoms with E-state index in [2.05, 4.69) is 27.5 Å². The van der Waals surface area contributed by atoms with E-state index < -0.39 is 0 Å². The van der Waals surface area contributed by atoms with Gasteiger partial charge in [-0.15, -0.1) is 0 Å². The highest BCUT2D eigenvalue weighted by atomic mass is 16.7. The normalized spacial score (nSPS) is 20.5. The summed E-state index contributed by atoms with van der Waals surface area (Å²) in [5.74, 6) is 1.57. The maximum atomic E-state index is 5.78. The zero-order valence-electron chi connectivity index (χ0n) is 13.7. The third kappa shape index (κ3) is 3.24. The van der Waals surface area contributed by atoms with Gasteiger partial charge < -0.3 is 24.4 Å². The van der Waals surface area contributed by atoms with Gasteiger partial charge in [-0.25, -0.2) is 0 Å². The molecule has 0 saturated carbocycles. The molecule has 0 aliphatic carbocycles. The first-order valence-electron chi connectivity index (χ1n) is 8.23. The quantitative estimate of drug-likeness (QED) is 0.859. The molecule has 2 aromatic rings. The van der Waals surface area contributed by atoms with Crippen LogP contribution < -0.4 is 14.8 Å². The first kappa shape index (κ1) is 15.4. The number of aromatic nitrogens is 2. The second-order valence-electron chi connectivity index (χ2n) is 6.22. The van der Waals surface area contributed by atoms with Gasteiger partial charge in [-0.1, -0.05) is 0 Å². The smallest absolute Gasteiger partial charge is 0.231 e. The van der Waals surface area contributed by atoms with Crippen LogP contribution in [0.5, 0.6) is 11.5 Å². The number of fused-ring (bicyclic) bond motifs is 1. The molecule has 1 fully saturated rings. The molecule has 0 amide bonds. The molecule has 0 spiro atoms. The Bertz CT molecular complexity index is 703. The molecular formula is C17H22N4O3. The average molecular weight is 330 g/mol. The van der Waals surface area contributed by atoms with Crippen LogP contribution in [-0.4, -0.2) is 61.3 Å². The summed E-state index contributed by atoms with van der Waals surface area (Å²) in [4.78, 5) is 2.30. The van der Waals surface area contributed by atoms with Gasteiger partial charge in [-0.05, 0) is 25.2 Å². The number of benzene rings is 1. The summed E-state index contributed by atoms with van der Waals surface area (Å²) in [6.07, 6.45) is 2.10. The predicted molar refractivity (Wildman–Crippen MR) is 89.1 cm³/mol. The number of morpholine rings is 1. The molecule has 7 heteroatoms. The van der Waals surface area contributed by atoms with Crippen molar-refractivity contribution < 1.29 is 14.2 Å². The molecule has 24 heavy (non-hydrogen) atoms. The van der Waals surface area contributed by atoms with E-state index in [-0.39, 0.29) is 12.9 Å². The van der Waals surface area contributed by atoms with Gasteiger partial charge in [0.15, 0.2) is 11.5 Å². The van der Waals surface area contributed by atoms with Gasteiger partial charge >= 0.3 is 0 Å². The molecule has 3 heterocycles. The first-order valence-corrected chi connectivity index (χ1v) is 8.23. The molecule has 2 aliphatic heterocycles. The van der Waals surface area contributed by atoms with Crippen LogP contribution in [0.4, 0.5) is 0 Å². The van der Waals surface area contributed by atoms with Gasteiger partial charge in [0.1, 0.15) is 0 Å². The number of rotatable bonds is 5. The number of hydrogen-bond donors (Lipinski definition) is 2. The highest BCUT2D eigenvalue weighted by molar-refractivity contribution is 5.66. The minimum Gasteiger partial charge on any atom is -0.454 e. The Kier molecular flexibility index (Phi) is 4.38. The van der Waals surface area contributed by atoms with E-state index in [0.29, 0.717) is 0 Å². The number of aromatic amines is 1. The van der Waals surface area contributed by atoms with Crippen LogP contribution in [0, 0.1) is 0 Å². The molecular weight excluding hydrogens is 308 g/mol. The van der Waals surface area contributed by atoms with Crippen LogP contribution in [0.25, 0.3) is 11.3 Å². The Labute approximate surface area is 140 Å². The van der Waals surface area contributed by atoms with Crippen molar-refractivity contribution in [2.75, 3.05) is 40.1 Å². The van der Waals surface area contributed by atoms with Crippen molar-refractivity contribution in [2.45, 2.75) is 12.6 Å². The molecule has 7 nitrogen and oxygen atoms in total. The summed E-state index contributed by atoms with van der Waals surface area (Å²) in [7, 11) is 2.13. The second kappa shape index (κ2) is 6.80. The fourth-order valence-corrected chi connectivity index (χ4v) is 3.11. The van der Waals surface area contributed by atoms with Crippen LogP contribution in [0.15, 0.2) is 24.4 Å². The Morgan fingerprint density at radius 1 is 1.33 bits per heavy atom. The predicted octanol–water partition coefficient (Wildman–Crippen LogP) is 1.23. The van der Waals surface area contributed by atoms with Crippen molar-refractivity contribution in [1.29, 1.82) is 0 Å². The number of nitrogens with zero attached hydrogens (tertiary/aromatic N) is 2. The van der Waals surface area contributed by atoms with Crippen LogP contribution in [-0.2, 0) is 11.3 Å². The van der Waals surface area contributed by atoms with Crippen molar-refractivity contribution in [2.24, 2.45) is 0 Å². The molecule has 1 aromatic heterocycles. The van der Waals surface area contributed by atoms with E-state index in [1.165, 1.54) is 0 Å². The Balaban J connectivity index is 1.39. The maximum absolute atomic E-state index is 5.78. The molecule has 0 bridgehead atoms. The molecule has 1 aromatic carbocycles. The van der Waals surface area contributed by atoms with E-state index >= 15 is 0 Å². The van der Waals surface area contributed by atoms with Crippen molar-refractivity contribution in [3.05, 3.63) is 30.0 Å². The lowest BCUT2D eigenvalue weighted by molar-refractivity contribution is -0.0182. The van der Waals surface area contributed by atoms with Crippen molar-refractivity contribution in [1.82, 2.24) is 20.4 Å². The summed E-state index contributed by atoms with van der Waals surface area (Å²) >= 11 is 0. The lowest BCUT2D eigenvalue weighted by Crippen LogP contribution is -2.44. The summed E-state index contributed by atoms with van der Waals surface area (Å²) in [6, 6.07) is 5.93. The topological polar surface area (TPSA) is 71.6 Å². The first-order chi connectivity index (χ1) is 11.8. The fourth-order valence-electron chi connectivity index (χ4n) is 3.11. The lowest BCUT2D eigenvalue weighted by atomic mass is 10.1. The van der Waals surface area contributed by atoms with Crippen LogP contribution in [0.2, 0.25) is 0 Å². The number of ether oxygens (including phenoxy) is 3. The van der Waals surface area contributed by atoms with E-state index in [4.69, 9.17) is 14.2 Å². The van der Waals surface area contributed by atoms with Gasteiger partial charge in [-0.3, -0.25) is 5.10 Å². The number of hydrogen-bond acceptors (Lipinski definition) is 6. The zero-order valence-corrected chi connectivity index (χ0v) is 13.7.